The van der Waals surface area contributed by atoms with Crippen molar-refractivity contribution in [2.75, 3.05) is 6.61 Å². The molecule has 1 N–H and O–H groups in total. The Hall–Kier alpha value is -2.73. The molecule has 120 valence electrons. The molecule has 0 atom stereocenters. The molecule has 24 heavy (non-hydrogen) atoms. The van der Waals surface area contributed by atoms with E-state index in [9.17, 15) is 14.4 Å². The van der Waals surface area contributed by atoms with Gasteiger partial charge in [0.1, 0.15) is 5.75 Å². The van der Waals surface area contributed by atoms with Crippen molar-refractivity contribution in [1.82, 2.24) is 0 Å². The minimum Gasteiger partial charge on any atom is -0.481 e. The number of hydrogen-bond acceptors (Lipinski definition) is 4. The van der Waals surface area contributed by atoms with Crippen LogP contribution in [-0.4, -0.2) is 29.2 Å². The second kappa shape index (κ2) is 6.41. The van der Waals surface area contributed by atoms with Crippen molar-refractivity contribution < 1.29 is 24.2 Å². The monoisotopic (exact) mass is 386 g/mol. The molecule has 2 aromatic carbocycles. The van der Waals surface area contributed by atoms with Gasteiger partial charge in [-0.2, -0.15) is 0 Å². The van der Waals surface area contributed by atoms with Crippen LogP contribution in [0.1, 0.15) is 26.3 Å². The molecule has 3 rings (SSSR count). The molecular weight excluding hydrogens is 376 g/mol. The van der Waals surface area contributed by atoms with Crippen LogP contribution < -0.4 is 4.74 Å². The van der Waals surface area contributed by atoms with Crippen LogP contribution in [0.25, 0.3) is 6.08 Å². The average Bonchev–Trinajstić information content (AvgIpc) is 2.79. The molecule has 0 heterocycles. The minimum absolute atomic E-state index is 0.0366. The van der Waals surface area contributed by atoms with Gasteiger partial charge in [0, 0.05) is 21.2 Å². The third-order valence-electron chi connectivity index (χ3n) is 3.53. The number of ether oxygens (including phenoxy) is 1. The second-order valence-electron chi connectivity index (χ2n) is 5.13. The van der Waals surface area contributed by atoms with E-state index in [1.54, 1.807) is 42.5 Å². The van der Waals surface area contributed by atoms with E-state index in [1.165, 1.54) is 6.08 Å². The Morgan fingerprint density at radius 1 is 1.08 bits per heavy atom. The van der Waals surface area contributed by atoms with Crippen LogP contribution in [0, 0.1) is 0 Å². The highest BCUT2D eigenvalue weighted by atomic mass is 79.9. The van der Waals surface area contributed by atoms with Gasteiger partial charge in [-0.25, -0.2) is 4.79 Å². The number of carbonyl (C=O) groups excluding carboxylic acids is 2. The van der Waals surface area contributed by atoms with E-state index in [0.29, 0.717) is 21.2 Å². The van der Waals surface area contributed by atoms with Crippen LogP contribution in [0.2, 0.25) is 0 Å². The van der Waals surface area contributed by atoms with Crippen molar-refractivity contribution in [3.63, 3.8) is 0 Å². The molecule has 6 heteroatoms. The first-order valence-corrected chi connectivity index (χ1v) is 7.81. The lowest BCUT2D eigenvalue weighted by molar-refractivity contribution is -0.139. The third-order valence-corrected chi connectivity index (χ3v) is 4.02. The number of carboxylic acids is 1. The molecule has 0 aliphatic heterocycles. The molecular formula is C18H11BrO5. The smallest absolute Gasteiger partial charge is 0.341 e. The molecule has 0 spiro atoms. The number of benzene rings is 2. The molecule has 2 aromatic rings. The Morgan fingerprint density at radius 3 is 2.29 bits per heavy atom. The molecule has 0 amide bonds. The van der Waals surface area contributed by atoms with E-state index < -0.39 is 12.6 Å². The molecule has 1 aliphatic rings. The number of Topliss-reactive ketones (excluding diaryl/α,β-unsaturated/α-hetero) is 2. The fourth-order valence-electron chi connectivity index (χ4n) is 2.46. The highest BCUT2D eigenvalue weighted by Gasteiger charge is 2.32. The summed E-state index contributed by atoms with van der Waals surface area (Å²) in [6, 6.07) is 11.6. The van der Waals surface area contributed by atoms with E-state index in [0.717, 1.165) is 0 Å². The number of aliphatic carboxylic acids is 1. The fourth-order valence-corrected chi connectivity index (χ4v) is 2.84. The number of hydrogen-bond donors (Lipinski definition) is 1. The van der Waals surface area contributed by atoms with Crippen LogP contribution in [-0.2, 0) is 4.79 Å². The summed E-state index contributed by atoms with van der Waals surface area (Å²) in [6.45, 7) is -0.514. The standard InChI is InChI=1S/C18H11BrO5/c19-11-5-6-15(24-9-16(20)21)10(7-11)8-14-17(22)12-3-1-2-4-13(12)18(14)23/h1-8H,9H2,(H,20,21). The molecule has 0 aromatic heterocycles. The topological polar surface area (TPSA) is 80.7 Å². The van der Waals surface area contributed by atoms with Crippen molar-refractivity contribution in [2.45, 2.75) is 0 Å². The number of rotatable bonds is 4. The van der Waals surface area contributed by atoms with Crippen molar-refractivity contribution >= 4 is 39.5 Å². The quantitative estimate of drug-likeness (QED) is 0.643. The highest BCUT2D eigenvalue weighted by Crippen LogP contribution is 2.31. The summed E-state index contributed by atoms with van der Waals surface area (Å²) in [5.74, 6) is -1.53. The van der Waals surface area contributed by atoms with Crippen LogP contribution in [0.15, 0.2) is 52.5 Å². The molecule has 1 aliphatic carbocycles. The Balaban J connectivity index is 2.03. The maximum Gasteiger partial charge on any atom is 0.341 e. The van der Waals surface area contributed by atoms with Gasteiger partial charge in [0.15, 0.2) is 18.2 Å². The van der Waals surface area contributed by atoms with Crippen LogP contribution in [0.3, 0.4) is 0 Å². The summed E-state index contributed by atoms with van der Waals surface area (Å²) in [5.41, 5.74) is 1.23. The molecule has 5 nitrogen and oxygen atoms in total. The summed E-state index contributed by atoms with van der Waals surface area (Å²) in [4.78, 5) is 35.6. The number of ketones is 2. The van der Waals surface area contributed by atoms with Gasteiger partial charge in [0.2, 0.25) is 0 Å². The Labute approximate surface area is 145 Å². The average molecular weight is 387 g/mol. The van der Waals surface area contributed by atoms with Gasteiger partial charge in [0.05, 0.1) is 5.57 Å². The first-order valence-electron chi connectivity index (χ1n) is 7.01. The molecule has 0 bridgehead atoms. The SMILES string of the molecule is O=C(O)COc1ccc(Br)cc1C=C1C(=O)c2ccccc2C1=O. The van der Waals surface area contributed by atoms with Crippen molar-refractivity contribution in [3.8, 4) is 5.75 Å². The van der Waals surface area contributed by atoms with Gasteiger partial charge in [-0.1, -0.05) is 40.2 Å². The molecule has 0 radical (unpaired) electrons. The summed E-state index contributed by atoms with van der Waals surface area (Å²) < 4.78 is 5.94. The first-order chi connectivity index (χ1) is 11.5. The number of halogens is 1. The number of allylic oxidation sites excluding steroid dienone is 1. The first kappa shape index (κ1) is 16.1. The number of carboxylic acid groups (broad SMARTS) is 1. The minimum atomic E-state index is -1.11. The third kappa shape index (κ3) is 3.00. The maximum absolute atomic E-state index is 12.4. The van der Waals surface area contributed by atoms with Gasteiger partial charge in [-0.15, -0.1) is 0 Å². The zero-order valence-corrected chi connectivity index (χ0v) is 13.9. The predicted molar refractivity (Wildman–Crippen MR) is 90.4 cm³/mol. The van der Waals surface area contributed by atoms with E-state index in [4.69, 9.17) is 9.84 Å². The van der Waals surface area contributed by atoms with Crippen LogP contribution in [0.4, 0.5) is 0 Å². The maximum atomic E-state index is 12.4. The zero-order chi connectivity index (χ0) is 17.3. The van der Waals surface area contributed by atoms with Crippen molar-refractivity contribution in [1.29, 1.82) is 0 Å². The van der Waals surface area contributed by atoms with E-state index in [-0.39, 0.29) is 22.9 Å². The van der Waals surface area contributed by atoms with Gasteiger partial charge in [0.25, 0.3) is 0 Å². The molecule has 0 unspecified atom stereocenters. The van der Waals surface area contributed by atoms with Gasteiger partial charge >= 0.3 is 5.97 Å². The van der Waals surface area contributed by atoms with E-state index >= 15 is 0 Å². The van der Waals surface area contributed by atoms with Crippen LogP contribution >= 0.6 is 15.9 Å². The van der Waals surface area contributed by atoms with E-state index in [2.05, 4.69) is 15.9 Å². The zero-order valence-electron chi connectivity index (χ0n) is 12.3. The van der Waals surface area contributed by atoms with Crippen molar-refractivity contribution in [2.24, 2.45) is 0 Å². The lowest BCUT2D eigenvalue weighted by Crippen LogP contribution is -2.10. The Bertz CT molecular complexity index is 861. The number of fused-ring (bicyclic) bond motifs is 1. The predicted octanol–water partition coefficient (Wildman–Crippen LogP) is 3.38. The largest absolute Gasteiger partial charge is 0.481 e. The van der Waals surface area contributed by atoms with Crippen molar-refractivity contribution in [3.05, 3.63) is 69.2 Å². The summed E-state index contributed by atoms with van der Waals surface area (Å²) in [5, 5.41) is 8.75. The van der Waals surface area contributed by atoms with Crippen LogP contribution in [0.5, 0.6) is 5.75 Å². The van der Waals surface area contributed by atoms with Gasteiger partial charge in [-0.3, -0.25) is 9.59 Å². The highest BCUT2D eigenvalue weighted by molar-refractivity contribution is 9.10. The second-order valence-corrected chi connectivity index (χ2v) is 6.04. The van der Waals surface area contributed by atoms with E-state index in [1.807, 2.05) is 0 Å². The van der Waals surface area contributed by atoms with Gasteiger partial charge < -0.3 is 9.84 Å². The Kier molecular flexibility index (Phi) is 4.31. The lowest BCUT2D eigenvalue weighted by atomic mass is 10.1. The summed E-state index contributed by atoms with van der Waals surface area (Å²) in [6.07, 6.45) is 1.44. The molecule has 0 saturated carbocycles. The normalized spacial score (nSPS) is 13.0. The van der Waals surface area contributed by atoms with Gasteiger partial charge in [-0.05, 0) is 24.3 Å². The summed E-state index contributed by atoms with van der Waals surface area (Å²) >= 11 is 3.31. The molecule has 0 fully saturated rings. The number of carbonyl (C=O) groups is 3. The summed E-state index contributed by atoms with van der Waals surface area (Å²) in [7, 11) is 0. The Morgan fingerprint density at radius 2 is 1.71 bits per heavy atom. The lowest BCUT2D eigenvalue weighted by Gasteiger charge is -2.08. The fraction of sp³-hybridized carbons (Fsp3) is 0.0556. The molecule has 0 saturated heterocycles.